The molecule has 2 rings (SSSR count). The molecule has 25 heavy (non-hydrogen) atoms. The fourth-order valence-electron chi connectivity index (χ4n) is 2.68. The molecule has 1 unspecified atom stereocenters. The van der Waals surface area contributed by atoms with Crippen molar-refractivity contribution in [3.8, 4) is 0 Å². The molecule has 0 bridgehead atoms. The molecule has 1 amide bonds. The van der Waals surface area contributed by atoms with Crippen molar-refractivity contribution in [2.45, 2.75) is 25.1 Å². The second-order valence-electron chi connectivity index (χ2n) is 5.65. The van der Waals surface area contributed by atoms with Gasteiger partial charge in [-0.2, -0.15) is 13.2 Å². The number of nitrogens with zero attached hydrogens (tertiary/aromatic N) is 1. The van der Waals surface area contributed by atoms with Gasteiger partial charge in [0.1, 0.15) is 6.10 Å². The summed E-state index contributed by atoms with van der Waals surface area (Å²) in [5.41, 5.74) is -0.633. The third-order valence-electron chi connectivity index (χ3n) is 3.88. The highest BCUT2D eigenvalue weighted by Gasteiger charge is 2.32. The van der Waals surface area contributed by atoms with Gasteiger partial charge in [0.15, 0.2) is 0 Å². The Hall–Kier alpha value is -1.84. The van der Waals surface area contributed by atoms with Crippen molar-refractivity contribution < 1.29 is 32.9 Å². The Morgan fingerprint density at radius 3 is 2.48 bits per heavy atom. The number of amides is 1. The van der Waals surface area contributed by atoms with E-state index in [0.29, 0.717) is 25.1 Å². The van der Waals surface area contributed by atoms with Crippen LogP contribution in [-0.2, 0) is 15.7 Å². The molecule has 1 atom stereocenters. The summed E-state index contributed by atoms with van der Waals surface area (Å²) in [6, 6.07) is 2.97. The molecule has 140 valence electrons. The quantitative estimate of drug-likeness (QED) is 0.687. The molecule has 3 N–H and O–H groups in total. The predicted molar refractivity (Wildman–Crippen MR) is 85.4 cm³/mol. The maximum Gasteiger partial charge on any atom is 0.416 e. The van der Waals surface area contributed by atoms with Crippen molar-refractivity contribution in [2.75, 3.05) is 43.1 Å². The van der Waals surface area contributed by atoms with Gasteiger partial charge < -0.3 is 25.2 Å². The van der Waals surface area contributed by atoms with Crippen LogP contribution in [0.25, 0.3) is 0 Å². The van der Waals surface area contributed by atoms with Gasteiger partial charge in [-0.1, -0.05) is 0 Å². The number of anilines is 2. The van der Waals surface area contributed by atoms with Crippen LogP contribution in [0.3, 0.4) is 0 Å². The van der Waals surface area contributed by atoms with Crippen LogP contribution >= 0.6 is 0 Å². The number of alkyl halides is 3. The van der Waals surface area contributed by atoms with E-state index < -0.39 is 23.8 Å². The van der Waals surface area contributed by atoms with Gasteiger partial charge in [-0.25, -0.2) is 0 Å². The van der Waals surface area contributed by atoms with Crippen molar-refractivity contribution >= 4 is 17.3 Å². The second-order valence-corrected chi connectivity index (χ2v) is 5.65. The zero-order chi connectivity index (χ0) is 18.4. The van der Waals surface area contributed by atoms with Gasteiger partial charge in [-0.05, 0) is 31.0 Å². The van der Waals surface area contributed by atoms with Crippen molar-refractivity contribution in [2.24, 2.45) is 0 Å². The normalized spacial score (nSPS) is 17.6. The van der Waals surface area contributed by atoms with Crippen LogP contribution in [0.4, 0.5) is 24.5 Å². The first-order valence-corrected chi connectivity index (χ1v) is 7.97. The molecule has 1 fully saturated rings. The van der Waals surface area contributed by atoms with Gasteiger partial charge in [-0.3, -0.25) is 4.79 Å². The summed E-state index contributed by atoms with van der Waals surface area (Å²) in [4.78, 5) is 13.7. The summed E-state index contributed by atoms with van der Waals surface area (Å²) in [7, 11) is 0. The Morgan fingerprint density at radius 1 is 1.28 bits per heavy atom. The molecule has 0 saturated carbocycles. The van der Waals surface area contributed by atoms with Gasteiger partial charge in [0.2, 0.25) is 0 Å². The SMILES string of the molecule is O=C(Nc1cc(C(F)(F)F)ccc1N(CCO)CCO)C1CCCO1. The minimum Gasteiger partial charge on any atom is -0.395 e. The maximum atomic E-state index is 13.0. The number of carbonyl (C=O) groups excluding carboxylic acids is 1. The summed E-state index contributed by atoms with van der Waals surface area (Å²) >= 11 is 0. The van der Waals surface area contributed by atoms with Crippen LogP contribution < -0.4 is 10.2 Å². The number of halogens is 3. The molecule has 0 spiro atoms. The second kappa shape index (κ2) is 8.50. The largest absolute Gasteiger partial charge is 0.416 e. The van der Waals surface area contributed by atoms with Crippen LogP contribution in [-0.4, -0.2) is 55.1 Å². The summed E-state index contributed by atoms with van der Waals surface area (Å²) in [6.07, 6.45) is -4.02. The first-order chi connectivity index (χ1) is 11.9. The summed E-state index contributed by atoms with van der Waals surface area (Å²) in [5.74, 6) is -0.508. The Morgan fingerprint density at radius 2 is 1.96 bits per heavy atom. The number of benzene rings is 1. The topological polar surface area (TPSA) is 82.0 Å². The monoisotopic (exact) mass is 362 g/mol. The molecule has 1 heterocycles. The summed E-state index contributed by atoms with van der Waals surface area (Å²) in [6.45, 7) is 0.151. The van der Waals surface area contributed by atoms with Crippen LogP contribution in [0.5, 0.6) is 0 Å². The molecule has 1 aliphatic rings. The molecule has 0 aliphatic carbocycles. The van der Waals surface area contributed by atoms with Crippen LogP contribution in [0.2, 0.25) is 0 Å². The molecule has 1 aromatic carbocycles. The fourth-order valence-corrected chi connectivity index (χ4v) is 2.68. The van der Waals surface area contributed by atoms with Gasteiger partial charge in [-0.15, -0.1) is 0 Å². The van der Waals surface area contributed by atoms with Gasteiger partial charge >= 0.3 is 6.18 Å². The van der Waals surface area contributed by atoms with Crippen LogP contribution in [0.1, 0.15) is 18.4 Å². The van der Waals surface area contributed by atoms with E-state index in [1.54, 1.807) is 0 Å². The number of aliphatic hydroxyl groups is 2. The predicted octanol–water partition coefficient (Wildman–Crippen LogP) is 1.61. The van der Waals surface area contributed by atoms with Crippen molar-refractivity contribution in [1.29, 1.82) is 0 Å². The van der Waals surface area contributed by atoms with Gasteiger partial charge in [0.05, 0.1) is 30.2 Å². The number of rotatable bonds is 7. The first-order valence-electron chi connectivity index (χ1n) is 7.97. The van der Waals surface area contributed by atoms with Gasteiger partial charge in [0, 0.05) is 19.7 Å². The van der Waals surface area contributed by atoms with Gasteiger partial charge in [0.25, 0.3) is 5.91 Å². The molecular weight excluding hydrogens is 341 g/mol. The molecule has 9 heteroatoms. The van der Waals surface area contributed by atoms with Crippen molar-refractivity contribution in [3.63, 3.8) is 0 Å². The van der Waals surface area contributed by atoms with E-state index in [4.69, 9.17) is 14.9 Å². The highest BCUT2D eigenvalue weighted by Crippen LogP contribution is 2.35. The van der Waals surface area contributed by atoms with E-state index in [-0.39, 0.29) is 32.0 Å². The number of aliphatic hydroxyl groups excluding tert-OH is 2. The average Bonchev–Trinajstić information content (AvgIpc) is 3.08. The third kappa shape index (κ3) is 5.07. The van der Waals surface area contributed by atoms with Crippen LogP contribution in [0, 0.1) is 0 Å². The van der Waals surface area contributed by atoms with Crippen LogP contribution in [0.15, 0.2) is 18.2 Å². The van der Waals surface area contributed by atoms with E-state index in [2.05, 4.69) is 5.32 Å². The highest BCUT2D eigenvalue weighted by molar-refractivity contribution is 5.97. The van der Waals surface area contributed by atoms with Crippen molar-refractivity contribution in [1.82, 2.24) is 0 Å². The Balaban J connectivity index is 2.34. The Labute approximate surface area is 143 Å². The lowest BCUT2D eigenvalue weighted by Crippen LogP contribution is -2.32. The molecule has 1 aliphatic heterocycles. The zero-order valence-electron chi connectivity index (χ0n) is 13.6. The molecule has 0 aromatic heterocycles. The van der Waals surface area contributed by atoms with E-state index in [9.17, 15) is 18.0 Å². The number of ether oxygens (including phenoxy) is 1. The standard InChI is InChI=1S/C16H21F3N2O4/c17-16(18,19)11-3-4-13(21(5-7-22)6-8-23)12(10-11)20-15(24)14-2-1-9-25-14/h3-4,10,14,22-23H,1-2,5-9H2,(H,20,24). The molecule has 1 aromatic rings. The summed E-state index contributed by atoms with van der Waals surface area (Å²) < 4.78 is 44.3. The van der Waals surface area contributed by atoms with E-state index in [1.165, 1.54) is 11.0 Å². The van der Waals surface area contributed by atoms with E-state index >= 15 is 0 Å². The molecule has 0 radical (unpaired) electrons. The lowest BCUT2D eigenvalue weighted by molar-refractivity contribution is -0.137. The maximum absolute atomic E-state index is 13.0. The third-order valence-corrected chi connectivity index (χ3v) is 3.88. The van der Waals surface area contributed by atoms with E-state index in [0.717, 1.165) is 12.1 Å². The van der Waals surface area contributed by atoms with E-state index in [1.807, 2.05) is 0 Å². The average molecular weight is 362 g/mol. The number of hydrogen-bond donors (Lipinski definition) is 3. The Bertz CT molecular complexity index is 583. The minimum atomic E-state index is -4.55. The number of carbonyl (C=O) groups is 1. The molecule has 1 saturated heterocycles. The number of nitrogens with one attached hydrogen (secondary N) is 1. The molecular formula is C16H21F3N2O4. The lowest BCUT2D eigenvalue weighted by Gasteiger charge is -2.27. The van der Waals surface area contributed by atoms with Crippen molar-refractivity contribution in [3.05, 3.63) is 23.8 Å². The highest BCUT2D eigenvalue weighted by atomic mass is 19.4. The molecule has 6 nitrogen and oxygen atoms in total. The fraction of sp³-hybridized carbons (Fsp3) is 0.562. The zero-order valence-corrected chi connectivity index (χ0v) is 13.6. The minimum absolute atomic E-state index is 0.0303. The summed E-state index contributed by atoms with van der Waals surface area (Å²) in [5, 5.41) is 20.8. The smallest absolute Gasteiger partial charge is 0.395 e. The lowest BCUT2D eigenvalue weighted by atomic mass is 10.1. The first kappa shape index (κ1) is 19.5. The Kier molecular flexibility index (Phi) is 6.63. The number of hydrogen-bond acceptors (Lipinski definition) is 5.